The van der Waals surface area contributed by atoms with Gasteiger partial charge in [-0.25, -0.2) is 0 Å². The van der Waals surface area contributed by atoms with Crippen LogP contribution >= 0.6 is 0 Å². The Kier molecular flexibility index (Phi) is 8.71. The van der Waals surface area contributed by atoms with E-state index in [0.717, 1.165) is 28.8 Å². The van der Waals surface area contributed by atoms with Crippen LogP contribution in [0.2, 0.25) is 0 Å². The van der Waals surface area contributed by atoms with Crippen LogP contribution in [-0.2, 0) is 28.8 Å². The third-order valence-corrected chi connectivity index (χ3v) is 6.25. The van der Waals surface area contributed by atoms with Crippen LogP contribution in [-0.4, -0.2) is 62.1 Å². The highest BCUT2D eigenvalue weighted by Gasteiger charge is 2.26. The minimum Gasteiger partial charge on any atom is -0.491 e. The molecular weight excluding hydrogens is 402 g/mol. The van der Waals surface area contributed by atoms with Crippen molar-refractivity contribution in [1.29, 1.82) is 0 Å². The van der Waals surface area contributed by atoms with Gasteiger partial charge >= 0.3 is 5.97 Å². The quantitative estimate of drug-likeness (QED) is 0.403. The first-order valence-corrected chi connectivity index (χ1v) is 11.8. The molecule has 0 radical (unpaired) electrons. The number of ether oxygens (including phenoxy) is 2. The molecule has 2 aromatic rings. The summed E-state index contributed by atoms with van der Waals surface area (Å²) in [5.41, 5.74) is 4.03. The molecule has 174 valence electrons. The minimum atomic E-state index is -0.533. The molecule has 0 aromatic heterocycles. The molecule has 1 atom stereocenters. The molecule has 5 nitrogen and oxygen atoms in total. The van der Waals surface area contributed by atoms with E-state index in [-0.39, 0.29) is 12.6 Å². The average molecular weight is 441 g/mol. The molecule has 5 heteroatoms. The lowest BCUT2D eigenvalue weighted by Gasteiger charge is -2.32. The van der Waals surface area contributed by atoms with Crippen LogP contribution in [0.15, 0.2) is 48.5 Å². The van der Waals surface area contributed by atoms with Crippen molar-refractivity contribution >= 4 is 5.97 Å². The number of carbonyl (C=O) groups excluding carboxylic acids is 1. The molecule has 1 N–H and O–H groups in total. The second kappa shape index (κ2) is 11.5. The van der Waals surface area contributed by atoms with Gasteiger partial charge in [0.1, 0.15) is 25.0 Å². The fourth-order valence-corrected chi connectivity index (χ4v) is 4.56. The summed E-state index contributed by atoms with van der Waals surface area (Å²) in [5, 5.41) is 10.6. The van der Waals surface area contributed by atoms with Gasteiger partial charge in [0.2, 0.25) is 0 Å². The maximum Gasteiger partial charge on any atom is 0.306 e. The summed E-state index contributed by atoms with van der Waals surface area (Å²) in [6.45, 7) is 4.17. The summed E-state index contributed by atoms with van der Waals surface area (Å²) in [6.07, 6.45) is 3.96. The molecule has 0 amide bonds. The predicted molar refractivity (Wildman–Crippen MR) is 127 cm³/mol. The topological polar surface area (TPSA) is 55.8 Å². The monoisotopic (exact) mass is 440 g/mol. The molecule has 32 heavy (non-hydrogen) atoms. The first-order chi connectivity index (χ1) is 15.3. The van der Waals surface area contributed by atoms with Crippen molar-refractivity contribution in [2.45, 2.75) is 45.1 Å². The fraction of sp³-hybridized carbons (Fsp3) is 0.519. The Morgan fingerprint density at radius 1 is 1.12 bits per heavy atom. The Morgan fingerprint density at radius 3 is 2.53 bits per heavy atom. The highest BCUT2D eigenvalue weighted by Crippen LogP contribution is 2.29. The van der Waals surface area contributed by atoms with E-state index in [9.17, 15) is 9.90 Å². The summed E-state index contributed by atoms with van der Waals surface area (Å²) in [5.74, 6) is 1.24. The number of nitrogens with zero attached hydrogens (tertiary/aromatic N) is 1. The van der Waals surface area contributed by atoms with E-state index in [1.165, 1.54) is 24.0 Å². The van der Waals surface area contributed by atoms with E-state index in [1.807, 2.05) is 31.2 Å². The van der Waals surface area contributed by atoms with Crippen molar-refractivity contribution in [2.24, 2.45) is 5.92 Å². The van der Waals surface area contributed by atoms with Crippen LogP contribution in [0.4, 0.5) is 0 Å². The molecule has 1 aliphatic carbocycles. The second-order valence-electron chi connectivity index (χ2n) is 9.59. The van der Waals surface area contributed by atoms with Crippen molar-refractivity contribution in [1.82, 2.24) is 0 Å². The lowest BCUT2D eigenvalue weighted by Crippen LogP contribution is -2.48. The van der Waals surface area contributed by atoms with Crippen LogP contribution in [0, 0.1) is 5.92 Å². The zero-order chi connectivity index (χ0) is 23.0. The number of carbonyl (C=O) groups is 1. The van der Waals surface area contributed by atoms with E-state index in [0.29, 0.717) is 31.9 Å². The highest BCUT2D eigenvalue weighted by molar-refractivity contribution is 5.69. The maximum atomic E-state index is 11.6. The number of fused-ring (bicyclic) bond motifs is 1. The summed E-state index contributed by atoms with van der Waals surface area (Å²) in [7, 11) is 4.36. The normalized spacial score (nSPS) is 14.8. The second-order valence-corrected chi connectivity index (χ2v) is 9.59. The van der Waals surface area contributed by atoms with Gasteiger partial charge in [0.05, 0.1) is 27.2 Å². The van der Waals surface area contributed by atoms with Gasteiger partial charge in [0.25, 0.3) is 0 Å². The number of benzene rings is 2. The Balaban J connectivity index is 1.39. The molecule has 0 saturated heterocycles. The van der Waals surface area contributed by atoms with Gasteiger partial charge in [-0.05, 0) is 60.9 Å². The lowest BCUT2D eigenvalue weighted by atomic mass is 10.0. The maximum absolute atomic E-state index is 11.6. The van der Waals surface area contributed by atoms with Crippen molar-refractivity contribution in [2.75, 3.05) is 40.4 Å². The number of aliphatic hydroxyl groups is 1. The van der Waals surface area contributed by atoms with Crippen molar-refractivity contribution in [3.63, 3.8) is 0 Å². The smallest absolute Gasteiger partial charge is 0.306 e. The van der Waals surface area contributed by atoms with Crippen LogP contribution in [0.3, 0.4) is 0 Å². The number of hydrogen-bond donors (Lipinski definition) is 1. The van der Waals surface area contributed by atoms with Crippen molar-refractivity contribution < 1.29 is 23.9 Å². The van der Waals surface area contributed by atoms with Crippen molar-refractivity contribution in [3.8, 4) is 5.75 Å². The first-order valence-electron chi connectivity index (χ1n) is 11.8. The lowest BCUT2D eigenvalue weighted by molar-refractivity contribution is -0.894. The Bertz CT molecular complexity index is 854. The molecule has 0 spiro atoms. The highest BCUT2D eigenvalue weighted by atomic mass is 16.5. The van der Waals surface area contributed by atoms with Gasteiger partial charge in [-0.1, -0.05) is 36.4 Å². The number of quaternary nitrogens is 1. The molecular formula is C27H38NO4+. The molecule has 0 saturated carbocycles. The molecule has 3 rings (SSSR count). The van der Waals surface area contributed by atoms with Gasteiger partial charge < -0.3 is 19.1 Å². The molecule has 1 aliphatic rings. The van der Waals surface area contributed by atoms with E-state index < -0.39 is 6.10 Å². The van der Waals surface area contributed by atoms with E-state index in [1.54, 1.807) is 0 Å². The summed E-state index contributed by atoms with van der Waals surface area (Å²) >= 11 is 0. The zero-order valence-electron chi connectivity index (χ0n) is 19.8. The first kappa shape index (κ1) is 24.3. The summed E-state index contributed by atoms with van der Waals surface area (Å²) in [6, 6.07) is 16.5. The molecule has 0 bridgehead atoms. The number of likely N-dealkylation sites (N-methyl/N-ethyl adjacent to an activating group) is 1. The standard InChI is InChI=1S/C27H38NO4/c1-4-31-27(30)13-12-21-8-7-11-26(18-21)32-20-25(29)19-28(2,3)15-14-22-16-23-9-5-6-10-24(23)17-22/h5-11,18,22,25,29H,4,12-17,19-20H2,1-3H3/q+1/t25-/m1/s1. The Hall–Kier alpha value is -2.37. The number of aliphatic hydroxyl groups excluding tert-OH is 1. The molecule has 0 fully saturated rings. The average Bonchev–Trinajstić information content (AvgIpc) is 3.18. The fourth-order valence-electron chi connectivity index (χ4n) is 4.56. The van der Waals surface area contributed by atoms with E-state index in [4.69, 9.17) is 9.47 Å². The Labute approximate surface area is 192 Å². The number of esters is 1. The number of rotatable bonds is 12. The van der Waals surface area contributed by atoms with E-state index >= 15 is 0 Å². The van der Waals surface area contributed by atoms with Gasteiger partial charge in [-0.2, -0.15) is 0 Å². The third kappa shape index (κ3) is 7.64. The molecule has 0 aliphatic heterocycles. The van der Waals surface area contributed by atoms with Crippen LogP contribution in [0.25, 0.3) is 0 Å². The van der Waals surface area contributed by atoms with Gasteiger partial charge in [-0.15, -0.1) is 0 Å². The summed E-state index contributed by atoms with van der Waals surface area (Å²) in [4.78, 5) is 11.6. The third-order valence-electron chi connectivity index (χ3n) is 6.25. The number of hydrogen-bond acceptors (Lipinski definition) is 4. The number of aryl methyl sites for hydroxylation is 1. The zero-order valence-corrected chi connectivity index (χ0v) is 19.8. The predicted octanol–water partition coefficient (Wildman–Crippen LogP) is 3.80. The molecule has 0 heterocycles. The van der Waals surface area contributed by atoms with Gasteiger partial charge in [-0.3, -0.25) is 4.79 Å². The Morgan fingerprint density at radius 2 is 1.84 bits per heavy atom. The van der Waals surface area contributed by atoms with Crippen molar-refractivity contribution in [3.05, 3.63) is 65.2 Å². The molecule has 2 aromatic carbocycles. The van der Waals surface area contributed by atoms with Crippen LogP contribution < -0.4 is 4.74 Å². The van der Waals surface area contributed by atoms with Crippen LogP contribution in [0.1, 0.15) is 36.5 Å². The largest absolute Gasteiger partial charge is 0.491 e. The van der Waals surface area contributed by atoms with Gasteiger partial charge in [0, 0.05) is 12.8 Å². The van der Waals surface area contributed by atoms with Crippen LogP contribution in [0.5, 0.6) is 5.75 Å². The van der Waals surface area contributed by atoms with E-state index in [2.05, 4.69) is 38.4 Å². The SMILES string of the molecule is CCOC(=O)CCc1cccc(OC[C@H](O)C[N+](C)(C)CCC2Cc3ccccc3C2)c1. The minimum absolute atomic E-state index is 0.185. The van der Waals surface area contributed by atoms with Gasteiger partial charge in [0.15, 0.2) is 0 Å². The summed E-state index contributed by atoms with van der Waals surface area (Å²) < 4.78 is 11.6. The molecule has 0 unspecified atom stereocenters.